The van der Waals surface area contributed by atoms with Gasteiger partial charge in [-0.2, -0.15) is 0 Å². The molecule has 1 saturated carbocycles. The third-order valence-corrected chi connectivity index (χ3v) is 3.69. The van der Waals surface area contributed by atoms with E-state index in [1.165, 1.54) is 13.5 Å². The van der Waals surface area contributed by atoms with Crippen molar-refractivity contribution in [3.8, 4) is 5.88 Å². The molecule has 0 atom stereocenters. The molecule has 0 saturated heterocycles. The lowest BCUT2D eigenvalue weighted by Gasteiger charge is -2.41. The Morgan fingerprint density at radius 1 is 1.47 bits per heavy atom. The Morgan fingerprint density at radius 2 is 2.26 bits per heavy atom. The molecule has 1 N–H and O–H groups in total. The van der Waals surface area contributed by atoms with Crippen LogP contribution < -0.4 is 10.1 Å². The molecule has 1 aliphatic carbocycles. The Bertz CT molecular complexity index is 444. The van der Waals surface area contributed by atoms with E-state index in [0.29, 0.717) is 24.6 Å². The maximum atomic E-state index is 12.1. The summed E-state index contributed by atoms with van der Waals surface area (Å²) in [5, 5.41) is 2.98. The van der Waals surface area contributed by atoms with Gasteiger partial charge in [0.2, 0.25) is 5.88 Å². The summed E-state index contributed by atoms with van der Waals surface area (Å²) < 4.78 is 10.3. The Hall–Kier alpha value is -1.62. The highest BCUT2D eigenvalue weighted by Crippen LogP contribution is 2.40. The monoisotopic (exact) mass is 264 g/mol. The van der Waals surface area contributed by atoms with Crippen molar-refractivity contribution in [1.82, 2.24) is 10.3 Å². The van der Waals surface area contributed by atoms with E-state index in [1.807, 2.05) is 0 Å². The minimum Gasteiger partial charge on any atom is -0.481 e. The number of pyridine rings is 1. The van der Waals surface area contributed by atoms with Gasteiger partial charge in [0, 0.05) is 36.9 Å². The van der Waals surface area contributed by atoms with E-state index in [9.17, 15) is 4.79 Å². The van der Waals surface area contributed by atoms with Crippen molar-refractivity contribution in [2.75, 3.05) is 27.4 Å². The van der Waals surface area contributed by atoms with E-state index in [-0.39, 0.29) is 11.3 Å². The van der Waals surface area contributed by atoms with Crippen molar-refractivity contribution in [2.45, 2.75) is 19.3 Å². The van der Waals surface area contributed by atoms with Gasteiger partial charge in [0.15, 0.2) is 0 Å². The van der Waals surface area contributed by atoms with Crippen LogP contribution in [0.25, 0.3) is 0 Å². The summed E-state index contributed by atoms with van der Waals surface area (Å²) in [5.74, 6) is 0.353. The largest absolute Gasteiger partial charge is 0.481 e. The lowest BCUT2D eigenvalue weighted by molar-refractivity contribution is 0.0180. The molecule has 0 aromatic carbocycles. The zero-order chi connectivity index (χ0) is 13.7. The summed E-state index contributed by atoms with van der Waals surface area (Å²) >= 11 is 0. The molecular formula is C14H20N2O3. The molecule has 0 unspecified atom stereocenters. The number of aromatic nitrogens is 1. The summed E-state index contributed by atoms with van der Waals surface area (Å²) in [4.78, 5) is 16.1. The number of rotatable bonds is 6. The number of methoxy groups -OCH3 is 2. The molecule has 0 aliphatic heterocycles. The fraction of sp³-hybridized carbons (Fsp3) is 0.571. The van der Waals surface area contributed by atoms with Gasteiger partial charge in [-0.15, -0.1) is 0 Å². The fourth-order valence-electron chi connectivity index (χ4n) is 2.39. The SMILES string of the molecule is COCC1(CNC(=O)c2ccnc(OC)c2)CCC1. The van der Waals surface area contributed by atoms with Crippen molar-refractivity contribution in [3.05, 3.63) is 23.9 Å². The number of ether oxygens (including phenoxy) is 2. The first kappa shape index (κ1) is 13.8. The molecule has 0 spiro atoms. The van der Waals surface area contributed by atoms with Crippen LogP contribution in [-0.2, 0) is 4.74 Å². The average molecular weight is 264 g/mol. The lowest BCUT2D eigenvalue weighted by Crippen LogP contribution is -2.45. The maximum Gasteiger partial charge on any atom is 0.251 e. The molecule has 19 heavy (non-hydrogen) atoms. The molecule has 1 aromatic rings. The first-order chi connectivity index (χ1) is 9.19. The second-order valence-electron chi connectivity index (χ2n) is 5.06. The minimum atomic E-state index is -0.0944. The lowest BCUT2D eigenvalue weighted by atomic mass is 9.69. The van der Waals surface area contributed by atoms with Crippen molar-refractivity contribution in [1.29, 1.82) is 0 Å². The highest BCUT2D eigenvalue weighted by Gasteiger charge is 2.37. The Morgan fingerprint density at radius 3 is 2.84 bits per heavy atom. The number of nitrogens with one attached hydrogen (secondary N) is 1. The topological polar surface area (TPSA) is 60.5 Å². The third kappa shape index (κ3) is 3.23. The Labute approximate surface area is 113 Å². The summed E-state index contributed by atoms with van der Waals surface area (Å²) in [7, 11) is 3.24. The summed E-state index contributed by atoms with van der Waals surface area (Å²) in [6, 6.07) is 3.32. The smallest absolute Gasteiger partial charge is 0.251 e. The van der Waals surface area contributed by atoms with Crippen molar-refractivity contribution < 1.29 is 14.3 Å². The van der Waals surface area contributed by atoms with E-state index in [0.717, 1.165) is 12.8 Å². The number of amides is 1. The molecule has 1 amide bonds. The fourth-order valence-corrected chi connectivity index (χ4v) is 2.39. The van der Waals surface area contributed by atoms with Gasteiger partial charge in [-0.05, 0) is 18.9 Å². The van der Waals surface area contributed by atoms with E-state index >= 15 is 0 Å². The van der Waals surface area contributed by atoms with Gasteiger partial charge in [-0.1, -0.05) is 6.42 Å². The van der Waals surface area contributed by atoms with E-state index in [4.69, 9.17) is 9.47 Å². The first-order valence-corrected chi connectivity index (χ1v) is 6.46. The zero-order valence-electron chi connectivity index (χ0n) is 11.4. The van der Waals surface area contributed by atoms with Gasteiger partial charge in [0.1, 0.15) is 0 Å². The van der Waals surface area contributed by atoms with Crippen LogP contribution in [0.5, 0.6) is 5.88 Å². The van der Waals surface area contributed by atoms with Gasteiger partial charge in [0.25, 0.3) is 5.91 Å². The average Bonchev–Trinajstić information content (AvgIpc) is 2.41. The van der Waals surface area contributed by atoms with Crippen LogP contribution in [0.1, 0.15) is 29.6 Å². The van der Waals surface area contributed by atoms with Crippen LogP contribution >= 0.6 is 0 Å². The molecule has 1 aliphatic rings. The Balaban J connectivity index is 1.93. The van der Waals surface area contributed by atoms with Crippen LogP contribution in [-0.4, -0.2) is 38.3 Å². The minimum absolute atomic E-state index is 0.0944. The zero-order valence-corrected chi connectivity index (χ0v) is 11.4. The van der Waals surface area contributed by atoms with E-state index in [1.54, 1.807) is 25.4 Å². The van der Waals surface area contributed by atoms with Crippen LogP contribution in [0.4, 0.5) is 0 Å². The van der Waals surface area contributed by atoms with Gasteiger partial charge in [-0.25, -0.2) is 4.98 Å². The maximum absolute atomic E-state index is 12.1. The molecule has 5 nitrogen and oxygen atoms in total. The van der Waals surface area contributed by atoms with Gasteiger partial charge >= 0.3 is 0 Å². The summed E-state index contributed by atoms with van der Waals surface area (Å²) in [5.41, 5.74) is 0.695. The Kier molecular flexibility index (Phi) is 4.37. The summed E-state index contributed by atoms with van der Waals surface area (Å²) in [6.45, 7) is 1.36. The molecular weight excluding hydrogens is 244 g/mol. The van der Waals surface area contributed by atoms with Crippen molar-refractivity contribution >= 4 is 5.91 Å². The highest BCUT2D eigenvalue weighted by molar-refractivity contribution is 5.94. The number of carbonyl (C=O) groups excluding carboxylic acids is 1. The molecule has 1 fully saturated rings. The van der Waals surface area contributed by atoms with Crippen molar-refractivity contribution in [3.63, 3.8) is 0 Å². The number of hydrogen-bond donors (Lipinski definition) is 1. The predicted octanol–water partition coefficient (Wildman–Crippen LogP) is 1.64. The van der Waals surface area contributed by atoms with Crippen LogP contribution in [0, 0.1) is 5.41 Å². The number of carbonyl (C=O) groups is 1. The van der Waals surface area contributed by atoms with Crippen LogP contribution in [0.2, 0.25) is 0 Å². The van der Waals surface area contributed by atoms with Crippen LogP contribution in [0.15, 0.2) is 18.3 Å². The molecule has 104 valence electrons. The molecule has 0 radical (unpaired) electrons. The summed E-state index contributed by atoms with van der Waals surface area (Å²) in [6.07, 6.45) is 5.01. The standard InChI is InChI=1S/C14H20N2O3/c1-18-10-14(5-3-6-14)9-16-13(17)11-4-7-15-12(8-11)19-2/h4,7-8H,3,5-6,9-10H2,1-2H3,(H,16,17). The second-order valence-corrected chi connectivity index (χ2v) is 5.06. The van der Waals surface area contributed by atoms with E-state index < -0.39 is 0 Å². The molecule has 1 heterocycles. The highest BCUT2D eigenvalue weighted by atomic mass is 16.5. The number of hydrogen-bond acceptors (Lipinski definition) is 4. The first-order valence-electron chi connectivity index (χ1n) is 6.46. The normalized spacial score (nSPS) is 16.5. The van der Waals surface area contributed by atoms with E-state index in [2.05, 4.69) is 10.3 Å². The quantitative estimate of drug-likeness (QED) is 0.848. The molecule has 5 heteroatoms. The van der Waals surface area contributed by atoms with Gasteiger partial charge < -0.3 is 14.8 Å². The van der Waals surface area contributed by atoms with Gasteiger partial charge in [-0.3, -0.25) is 4.79 Å². The third-order valence-electron chi connectivity index (χ3n) is 3.69. The predicted molar refractivity (Wildman–Crippen MR) is 71.3 cm³/mol. The second kappa shape index (κ2) is 6.02. The van der Waals surface area contributed by atoms with Crippen LogP contribution in [0.3, 0.4) is 0 Å². The van der Waals surface area contributed by atoms with Crippen molar-refractivity contribution in [2.24, 2.45) is 5.41 Å². The molecule has 1 aromatic heterocycles. The molecule has 2 rings (SSSR count). The van der Waals surface area contributed by atoms with Gasteiger partial charge in [0.05, 0.1) is 13.7 Å². The number of nitrogens with zero attached hydrogens (tertiary/aromatic N) is 1. The molecule has 0 bridgehead atoms.